The third kappa shape index (κ3) is 5.33. The molecule has 2 rings (SSSR count). The topological polar surface area (TPSA) is 66.9 Å². The zero-order chi connectivity index (χ0) is 14.9. The van der Waals surface area contributed by atoms with Crippen LogP contribution in [0.4, 0.5) is 5.95 Å². The zero-order valence-corrected chi connectivity index (χ0v) is 12.9. The molecule has 5 heteroatoms. The Bertz CT molecular complexity index is 444. The maximum Gasteiger partial charge on any atom is 0.270 e. The lowest BCUT2D eigenvalue weighted by atomic mass is 9.95. The van der Waals surface area contributed by atoms with Crippen molar-refractivity contribution in [3.63, 3.8) is 0 Å². The van der Waals surface area contributed by atoms with Gasteiger partial charge in [-0.1, -0.05) is 39.0 Å². The second-order valence-electron chi connectivity index (χ2n) is 5.71. The van der Waals surface area contributed by atoms with E-state index >= 15 is 0 Å². The van der Waals surface area contributed by atoms with E-state index in [1.165, 1.54) is 32.1 Å². The summed E-state index contributed by atoms with van der Waals surface area (Å²) in [5.41, 5.74) is 0.452. The summed E-state index contributed by atoms with van der Waals surface area (Å²) in [4.78, 5) is 20.7. The van der Waals surface area contributed by atoms with Crippen molar-refractivity contribution in [2.24, 2.45) is 0 Å². The lowest BCUT2D eigenvalue weighted by Crippen LogP contribution is -2.36. The molecule has 1 saturated carbocycles. The van der Waals surface area contributed by atoms with Gasteiger partial charge < -0.3 is 10.6 Å². The summed E-state index contributed by atoms with van der Waals surface area (Å²) in [5.74, 6) is 0.461. The Balaban J connectivity index is 1.85. The van der Waals surface area contributed by atoms with E-state index in [0.717, 1.165) is 25.8 Å². The number of aromatic nitrogens is 2. The number of carbonyl (C=O) groups is 1. The van der Waals surface area contributed by atoms with Crippen LogP contribution in [0.3, 0.4) is 0 Å². The first kappa shape index (κ1) is 15.7. The smallest absolute Gasteiger partial charge is 0.270 e. The minimum atomic E-state index is -0.0825. The number of nitrogens with one attached hydrogen (secondary N) is 2. The molecule has 0 atom stereocenters. The van der Waals surface area contributed by atoms with E-state index in [4.69, 9.17) is 0 Å². The molecule has 2 N–H and O–H groups in total. The van der Waals surface area contributed by atoms with Crippen LogP contribution in [0.25, 0.3) is 0 Å². The number of carbonyl (C=O) groups excluding carboxylic acids is 1. The molecule has 1 aromatic rings. The summed E-state index contributed by atoms with van der Waals surface area (Å²) in [6.07, 6.45) is 11.0. The van der Waals surface area contributed by atoms with E-state index < -0.39 is 0 Å². The summed E-state index contributed by atoms with van der Waals surface area (Å²) in [5, 5.41) is 6.26. The predicted octanol–water partition coefficient (Wildman–Crippen LogP) is 3.14. The summed E-state index contributed by atoms with van der Waals surface area (Å²) in [6.45, 7) is 3.02. The molecule has 21 heavy (non-hydrogen) atoms. The van der Waals surface area contributed by atoms with Gasteiger partial charge in [-0.15, -0.1) is 0 Å². The highest BCUT2D eigenvalue weighted by Crippen LogP contribution is 2.17. The van der Waals surface area contributed by atoms with Crippen molar-refractivity contribution in [3.05, 3.63) is 18.0 Å². The quantitative estimate of drug-likeness (QED) is 0.757. The zero-order valence-electron chi connectivity index (χ0n) is 12.9. The molecule has 1 aliphatic rings. The van der Waals surface area contributed by atoms with Gasteiger partial charge in [0, 0.05) is 18.8 Å². The van der Waals surface area contributed by atoms with Gasteiger partial charge in [0.15, 0.2) is 0 Å². The van der Waals surface area contributed by atoms with Crippen LogP contribution >= 0.6 is 0 Å². The Morgan fingerprint density at radius 1 is 1.29 bits per heavy atom. The van der Waals surface area contributed by atoms with Crippen LogP contribution in [0.2, 0.25) is 0 Å². The van der Waals surface area contributed by atoms with Crippen molar-refractivity contribution in [2.75, 3.05) is 11.9 Å². The molecule has 0 bridgehead atoms. The van der Waals surface area contributed by atoms with Crippen LogP contribution in [-0.2, 0) is 0 Å². The van der Waals surface area contributed by atoms with Gasteiger partial charge >= 0.3 is 0 Å². The molecular formula is C16H26N4O. The number of nitrogens with zero attached hydrogens (tertiary/aromatic N) is 2. The minimum absolute atomic E-state index is 0.0825. The first-order valence-corrected chi connectivity index (χ1v) is 8.17. The maximum atomic E-state index is 12.2. The predicted molar refractivity (Wildman–Crippen MR) is 84.4 cm³/mol. The maximum absolute atomic E-state index is 12.2. The molecule has 1 aliphatic carbocycles. The molecule has 1 heterocycles. The molecule has 5 nitrogen and oxygen atoms in total. The first-order valence-electron chi connectivity index (χ1n) is 8.17. The van der Waals surface area contributed by atoms with Crippen LogP contribution in [0, 0.1) is 0 Å². The standard InChI is InChI=1S/C16H26N4O/c1-2-3-7-11-17-16-18-12-10-14(20-16)15(21)19-13-8-5-4-6-9-13/h10,12-13H,2-9,11H2,1H3,(H,19,21)(H,17,18,20). The highest BCUT2D eigenvalue weighted by Gasteiger charge is 2.17. The molecule has 0 radical (unpaired) electrons. The van der Waals surface area contributed by atoms with E-state index in [9.17, 15) is 4.79 Å². The fourth-order valence-electron chi connectivity index (χ4n) is 2.65. The molecule has 0 unspecified atom stereocenters. The summed E-state index contributed by atoms with van der Waals surface area (Å²) >= 11 is 0. The van der Waals surface area contributed by atoms with Gasteiger partial charge in [-0.25, -0.2) is 9.97 Å². The van der Waals surface area contributed by atoms with Crippen molar-refractivity contribution in [3.8, 4) is 0 Å². The average Bonchev–Trinajstić information content (AvgIpc) is 2.53. The Labute approximate surface area is 127 Å². The van der Waals surface area contributed by atoms with Gasteiger partial charge in [0.25, 0.3) is 5.91 Å². The van der Waals surface area contributed by atoms with E-state index in [-0.39, 0.29) is 5.91 Å². The van der Waals surface area contributed by atoms with E-state index in [2.05, 4.69) is 27.5 Å². The van der Waals surface area contributed by atoms with Crippen molar-refractivity contribution in [1.82, 2.24) is 15.3 Å². The normalized spacial score (nSPS) is 15.7. The van der Waals surface area contributed by atoms with Gasteiger partial charge in [-0.05, 0) is 25.3 Å². The highest BCUT2D eigenvalue weighted by molar-refractivity contribution is 5.92. The number of rotatable bonds is 7. The Hall–Kier alpha value is -1.65. The van der Waals surface area contributed by atoms with Gasteiger partial charge in [0.1, 0.15) is 5.69 Å². The van der Waals surface area contributed by atoms with Gasteiger partial charge in [0.2, 0.25) is 5.95 Å². The van der Waals surface area contributed by atoms with Crippen molar-refractivity contribution >= 4 is 11.9 Å². The Kier molecular flexibility index (Phi) is 6.44. The van der Waals surface area contributed by atoms with Crippen LogP contribution in [-0.4, -0.2) is 28.5 Å². The summed E-state index contributed by atoms with van der Waals surface area (Å²) in [7, 11) is 0. The van der Waals surface area contributed by atoms with E-state index in [1.807, 2.05) is 0 Å². The van der Waals surface area contributed by atoms with Gasteiger partial charge in [-0.2, -0.15) is 0 Å². The lowest BCUT2D eigenvalue weighted by Gasteiger charge is -2.22. The van der Waals surface area contributed by atoms with Gasteiger partial charge in [-0.3, -0.25) is 4.79 Å². The largest absolute Gasteiger partial charge is 0.354 e. The fourth-order valence-corrected chi connectivity index (χ4v) is 2.65. The Morgan fingerprint density at radius 3 is 2.86 bits per heavy atom. The third-order valence-corrected chi connectivity index (χ3v) is 3.89. The molecule has 0 aromatic carbocycles. The molecule has 0 spiro atoms. The molecule has 0 saturated heterocycles. The molecule has 1 aromatic heterocycles. The van der Waals surface area contributed by atoms with E-state index in [0.29, 0.717) is 17.7 Å². The van der Waals surface area contributed by atoms with Crippen LogP contribution in [0.15, 0.2) is 12.3 Å². The Morgan fingerprint density at radius 2 is 2.10 bits per heavy atom. The average molecular weight is 290 g/mol. The third-order valence-electron chi connectivity index (χ3n) is 3.89. The number of amides is 1. The van der Waals surface area contributed by atoms with Crippen molar-refractivity contribution in [2.45, 2.75) is 64.3 Å². The van der Waals surface area contributed by atoms with E-state index in [1.54, 1.807) is 12.3 Å². The highest BCUT2D eigenvalue weighted by atomic mass is 16.1. The summed E-state index contributed by atoms with van der Waals surface area (Å²) in [6, 6.07) is 1.98. The number of anilines is 1. The second-order valence-corrected chi connectivity index (χ2v) is 5.71. The SMILES string of the molecule is CCCCCNc1nccc(C(=O)NC2CCCCC2)n1. The van der Waals surface area contributed by atoms with Crippen LogP contribution < -0.4 is 10.6 Å². The fraction of sp³-hybridized carbons (Fsp3) is 0.688. The summed E-state index contributed by atoms with van der Waals surface area (Å²) < 4.78 is 0. The molecular weight excluding hydrogens is 264 g/mol. The molecule has 116 valence electrons. The second kappa shape index (κ2) is 8.60. The minimum Gasteiger partial charge on any atom is -0.354 e. The number of hydrogen-bond donors (Lipinski definition) is 2. The molecule has 1 amide bonds. The van der Waals surface area contributed by atoms with Crippen molar-refractivity contribution in [1.29, 1.82) is 0 Å². The lowest BCUT2D eigenvalue weighted by molar-refractivity contribution is 0.0922. The van der Waals surface area contributed by atoms with Crippen LogP contribution in [0.5, 0.6) is 0 Å². The van der Waals surface area contributed by atoms with Gasteiger partial charge in [0.05, 0.1) is 0 Å². The number of hydrogen-bond acceptors (Lipinski definition) is 4. The van der Waals surface area contributed by atoms with Crippen LogP contribution in [0.1, 0.15) is 68.8 Å². The first-order chi connectivity index (χ1) is 10.3. The number of unbranched alkanes of at least 4 members (excludes halogenated alkanes) is 2. The molecule has 0 aliphatic heterocycles. The monoisotopic (exact) mass is 290 g/mol. The van der Waals surface area contributed by atoms with Crippen molar-refractivity contribution < 1.29 is 4.79 Å². The molecule has 1 fully saturated rings.